The standard InChI is InChI=1S/C10H17N3O/c1-7-6-10(11)12-13(7)8-4-2-3-5-9(8)14/h6,8-9,14H,2-5H2,1H3,(H2,11,12). The molecule has 1 fully saturated rings. The Morgan fingerprint density at radius 1 is 1.50 bits per heavy atom. The molecule has 1 aliphatic rings. The van der Waals surface area contributed by atoms with Crippen molar-refractivity contribution < 1.29 is 5.11 Å². The minimum atomic E-state index is -0.262. The van der Waals surface area contributed by atoms with Crippen LogP contribution in [0.2, 0.25) is 0 Å². The van der Waals surface area contributed by atoms with Gasteiger partial charge in [-0.1, -0.05) is 12.8 Å². The minimum Gasteiger partial charge on any atom is -0.391 e. The number of hydrogen-bond acceptors (Lipinski definition) is 3. The number of hydrogen-bond donors (Lipinski definition) is 2. The highest BCUT2D eigenvalue weighted by atomic mass is 16.3. The molecule has 14 heavy (non-hydrogen) atoms. The molecule has 1 saturated carbocycles. The van der Waals surface area contributed by atoms with Crippen LogP contribution in [0, 0.1) is 6.92 Å². The molecule has 0 amide bonds. The molecular weight excluding hydrogens is 178 g/mol. The Bertz CT molecular complexity index is 321. The lowest BCUT2D eigenvalue weighted by molar-refractivity contribution is 0.0685. The molecule has 2 rings (SSSR count). The Kier molecular flexibility index (Phi) is 2.46. The normalized spacial score (nSPS) is 27.9. The van der Waals surface area contributed by atoms with E-state index in [1.807, 2.05) is 17.7 Å². The molecule has 1 aromatic heterocycles. The highest BCUT2D eigenvalue weighted by Crippen LogP contribution is 2.29. The van der Waals surface area contributed by atoms with Crippen molar-refractivity contribution >= 4 is 5.82 Å². The van der Waals surface area contributed by atoms with Crippen LogP contribution in [0.5, 0.6) is 0 Å². The van der Waals surface area contributed by atoms with Crippen molar-refractivity contribution in [2.75, 3.05) is 5.73 Å². The number of aromatic nitrogens is 2. The van der Waals surface area contributed by atoms with Gasteiger partial charge in [-0.15, -0.1) is 0 Å². The Morgan fingerprint density at radius 2 is 2.21 bits per heavy atom. The molecule has 78 valence electrons. The van der Waals surface area contributed by atoms with E-state index >= 15 is 0 Å². The van der Waals surface area contributed by atoms with Crippen molar-refractivity contribution in [1.82, 2.24) is 9.78 Å². The van der Waals surface area contributed by atoms with Gasteiger partial charge in [-0.25, -0.2) is 0 Å². The van der Waals surface area contributed by atoms with Gasteiger partial charge < -0.3 is 10.8 Å². The largest absolute Gasteiger partial charge is 0.391 e. The highest BCUT2D eigenvalue weighted by Gasteiger charge is 2.26. The monoisotopic (exact) mass is 195 g/mol. The van der Waals surface area contributed by atoms with Crippen molar-refractivity contribution in [3.05, 3.63) is 11.8 Å². The van der Waals surface area contributed by atoms with Crippen molar-refractivity contribution in [1.29, 1.82) is 0 Å². The Labute approximate surface area is 83.7 Å². The smallest absolute Gasteiger partial charge is 0.145 e. The minimum absolute atomic E-state index is 0.126. The summed E-state index contributed by atoms with van der Waals surface area (Å²) in [4.78, 5) is 0. The number of nitrogen functional groups attached to an aromatic ring is 1. The van der Waals surface area contributed by atoms with E-state index < -0.39 is 0 Å². The van der Waals surface area contributed by atoms with Gasteiger partial charge in [0.25, 0.3) is 0 Å². The van der Waals surface area contributed by atoms with E-state index in [0.717, 1.165) is 25.0 Å². The maximum atomic E-state index is 9.85. The molecule has 2 atom stereocenters. The quantitative estimate of drug-likeness (QED) is 0.708. The van der Waals surface area contributed by atoms with Crippen molar-refractivity contribution in [3.63, 3.8) is 0 Å². The summed E-state index contributed by atoms with van der Waals surface area (Å²) in [6.07, 6.45) is 3.91. The summed E-state index contributed by atoms with van der Waals surface area (Å²) < 4.78 is 1.87. The number of nitrogens with zero attached hydrogens (tertiary/aromatic N) is 2. The molecule has 1 aliphatic carbocycles. The van der Waals surface area contributed by atoms with Crippen LogP contribution >= 0.6 is 0 Å². The third kappa shape index (κ3) is 1.62. The van der Waals surface area contributed by atoms with Gasteiger partial charge in [0.2, 0.25) is 0 Å². The molecule has 4 nitrogen and oxygen atoms in total. The molecule has 0 aliphatic heterocycles. The molecule has 0 saturated heterocycles. The van der Waals surface area contributed by atoms with E-state index in [9.17, 15) is 5.11 Å². The Hall–Kier alpha value is -1.03. The molecule has 0 aromatic carbocycles. The van der Waals surface area contributed by atoms with Gasteiger partial charge in [-0.3, -0.25) is 4.68 Å². The number of aliphatic hydroxyl groups is 1. The summed E-state index contributed by atoms with van der Waals surface area (Å²) in [5.41, 5.74) is 6.65. The van der Waals surface area contributed by atoms with E-state index in [1.54, 1.807) is 0 Å². The fourth-order valence-electron chi connectivity index (χ4n) is 2.23. The number of anilines is 1. The summed E-state index contributed by atoms with van der Waals surface area (Å²) in [6, 6.07) is 1.97. The molecule has 4 heteroatoms. The number of rotatable bonds is 1. The summed E-state index contributed by atoms with van der Waals surface area (Å²) in [7, 11) is 0. The van der Waals surface area contributed by atoms with Crippen LogP contribution in [0.3, 0.4) is 0 Å². The predicted molar refractivity (Wildman–Crippen MR) is 54.9 cm³/mol. The third-order valence-corrected chi connectivity index (χ3v) is 2.95. The van der Waals surface area contributed by atoms with E-state index in [2.05, 4.69) is 5.10 Å². The van der Waals surface area contributed by atoms with Crippen LogP contribution in [0.1, 0.15) is 37.4 Å². The number of nitrogens with two attached hydrogens (primary N) is 1. The van der Waals surface area contributed by atoms with Gasteiger partial charge in [0.05, 0.1) is 12.1 Å². The van der Waals surface area contributed by atoms with E-state index in [0.29, 0.717) is 5.82 Å². The molecule has 0 spiro atoms. The predicted octanol–water partition coefficient (Wildman–Crippen LogP) is 1.25. The number of aliphatic hydroxyl groups excluding tert-OH is 1. The lowest BCUT2D eigenvalue weighted by Gasteiger charge is -2.28. The van der Waals surface area contributed by atoms with Gasteiger partial charge in [-0.2, -0.15) is 5.10 Å². The molecule has 2 unspecified atom stereocenters. The fraction of sp³-hybridized carbons (Fsp3) is 0.700. The van der Waals surface area contributed by atoms with Gasteiger partial charge in [-0.05, 0) is 19.8 Å². The van der Waals surface area contributed by atoms with Crippen LogP contribution < -0.4 is 5.73 Å². The summed E-state index contributed by atoms with van der Waals surface area (Å²) in [6.45, 7) is 1.98. The van der Waals surface area contributed by atoms with Gasteiger partial charge in [0.15, 0.2) is 0 Å². The average molecular weight is 195 g/mol. The molecule has 0 bridgehead atoms. The second-order valence-electron chi connectivity index (χ2n) is 4.07. The van der Waals surface area contributed by atoms with Crippen LogP contribution in [0.25, 0.3) is 0 Å². The van der Waals surface area contributed by atoms with Crippen LogP contribution in [-0.4, -0.2) is 21.0 Å². The van der Waals surface area contributed by atoms with E-state index in [1.165, 1.54) is 6.42 Å². The fourth-order valence-corrected chi connectivity index (χ4v) is 2.23. The average Bonchev–Trinajstić information content (AvgIpc) is 2.46. The van der Waals surface area contributed by atoms with Crippen LogP contribution in [0.4, 0.5) is 5.82 Å². The first-order valence-electron chi connectivity index (χ1n) is 5.18. The second kappa shape index (κ2) is 3.61. The summed E-state index contributed by atoms with van der Waals surface area (Å²) in [5, 5.41) is 14.1. The lowest BCUT2D eigenvalue weighted by Crippen LogP contribution is -2.29. The van der Waals surface area contributed by atoms with Crippen molar-refractivity contribution in [2.24, 2.45) is 0 Å². The summed E-state index contributed by atoms with van der Waals surface area (Å²) >= 11 is 0. The Morgan fingerprint density at radius 3 is 2.79 bits per heavy atom. The molecule has 1 heterocycles. The lowest BCUT2D eigenvalue weighted by atomic mass is 9.92. The second-order valence-corrected chi connectivity index (χ2v) is 4.07. The summed E-state index contributed by atoms with van der Waals surface area (Å²) in [5.74, 6) is 0.542. The van der Waals surface area contributed by atoms with Gasteiger partial charge in [0.1, 0.15) is 5.82 Å². The van der Waals surface area contributed by atoms with E-state index in [-0.39, 0.29) is 12.1 Å². The molecule has 1 aromatic rings. The van der Waals surface area contributed by atoms with Crippen LogP contribution in [0.15, 0.2) is 6.07 Å². The number of aryl methyl sites for hydroxylation is 1. The zero-order chi connectivity index (χ0) is 10.1. The molecule has 0 radical (unpaired) electrons. The van der Waals surface area contributed by atoms with Gasteiger partial charge in [0, 0.05) is 11.8 Å². The molecule has 3 N–H and O–H groups in total. The zero-order valence-electron chi connectivity index (χ0n) is 8.48. The van der Waals surface area contributed by atoms with Crippen molar-refractivity contribution in [3.8, 4) is 0 Å². The third-order valence-electron chi connectivity index (χ3n) is 2.95. The highest BCUT2D eigenvalue weighted by molar-refractivity contribution is 5.29. The topological polar surface area (TPSA) is 64.1 Å². The Balaban J connectivity index is 2.24. The maximum Gasteiger partial charge on any atom is 0.145 e. The van der Waals surface area contributed by atoms with Crippen molar-refractivity contribution in [2.45, 2.75) is 44.8 Å². The van der Waals surface area contributed by atoms with E-state index in [4.69, 9.17) is 5.73 Å². The van der Waals surface area contributed by atoms with Crippen LogP contribution in [-0.2, 0) is 0 Å². The first-order valence-corrected chi connectivity index (χ1v) is 5.18. The SMILES string of the molecule is Cc1cc(N)nn1C1CCCCC1O. The zero-order valence-corrected chi connectivity index (χ0v) is 8.48. The maximum absolute atomic E-state index is 9.85. The first kappa shape index (κ1) is 9.52. The molecular formula is C10H17N3O. The first-order chi connectivity index (χ1) is 6.68. The van der Waals surface area contributed by atoms with Gasteiger partial charge >= 0.3 is 0 Å².